The summed E-state index contributed by atoms with van der Waals surface area (Å²) in [5.41, 5.74) is 0. The van der Waals surface area contributed by atoms with E-state index in [-0.39, 0.29) is 0 Å². The molecular formula is C17H34N2. The Balaban J connectivity index is 0.00000154. The van der Waals surface area contributed by atoms with Gasteiger partial charge in [0.15, 0.2) is 0 Å². The molecule has 0 aromatic heterocycles. The second-order valence-corrected chi connectivity index (χ2v) is 5.97. The van der Waals surface area contributed by atoms with Gasteiger partial charge in [0.2, 0.25) is 0 Å². The third-order valence-electron chi connectivity index (χ3n) is 4.52. The number of unbranched alkanes of at least 4 members (excludes halogenated alkanes) is 6. The lowest BCUT2D eigenvalue weighted by Crippen LogP contribution is -3.13. The van der Waals surface area contributed by atoms with E-state index in [0.29, 0.717) is 0 Å². The molecule has 1 saturated heterocycles. The molecule has 0 aromatic carbocycles. The molecule has 1 rings (SSSR count). The quantitative estimate of drug-likeness (QED) is 0.502. The van der Waals surface area contributed by atoms with Crippen LogP contribution in [0, 0.1) is 17.8 Å². The molecule has 0 radical (unpaired) electrons. The highest BCUT2D eigenvalue weighted by molar-refractivity contribution is 4.59. The van der Waals surface area contributed by atoms with Crippen molar-refractivity contribution in [2.24, 2.45) is 5.92 Å². The number of hydrogen-bond acceptors (Lipinski definition) is 1. The number of nitrogens with one attached hydrogen (secondary N) is 1. The first kappa shape index (κ1) is 18.4. The van der Waals surface area contributed by atoms with Gasteiger partial charge in [-0.25, -0.2) is 0 Å². The van der Waals surface area contributed by atoms with Crippen LogP contribution in [0.1, 0.15) is 78.1 Å². The molecule has 0 aromatic rings. The molecule has 0 bridgehead atoms. The van der Waals surface area contributed by atoms with Gasteiger partial charge in [0.25, 0.3) is 0 Å². The van der Waals surface area contributed by atoms with Crippen LogP contribution in [0.5, 0.6) is 0 Å². The summed E-state index contributed by atoms with van der Waals surface area (Å²) in [5.74, 6) is 1.05. The van der Waals surface area contributed by atoms with E-state index in [4.69, 9.17) is 11.8 Å². The molecule has 1 aliphatic rings. The maximum Gasteiger partial charge on any atom is 0.0773 e. The van der Waals surface area contributed by atoms with Crippen molar-refractivity contribution in [3.8, 4) is 0 Å². The Kier molecular flexibility index (Phi) is 13.5. The normalized spacial score (nSPS) is 22.5. The van der Waals surface area contributed by atoms with Crippen molar-refractivity contribution in [2.75, 3.05) is 19.6 Å². The Morgan fingerprint density at radius 1 is 0.895 bits per heavy atom. The Hall–Kier alpha value is -0.550. The zero-order chi connectivity index (χ0) is 14.3. The molecular weight excluding hydrogens is 232 g/mol. The number of hydrogen-bond donors (Lipinski definition) is 1. The van der Waals surface area contributed by atoms with Crippen molar-refractivity contribution in [1.82, 2.24) is 0 Å². The van der Waals surface area contributed by atoms with Gasteiger partial charge in [-0.1, -0.05) is 52.4 Å². The second kappa shape index (κ2) is 13.9. The van der Waals surface area contributed by atoms with Gasteiger partial charge >= 0.3 is 0 Å². The first-order valence-corrected chi connectivity index (χ1v) is 8.42. The second-order valence-electron chi connectivity index (χ2n) is 5.97. The average Bonchev–Trinajstić information content (AvgIpc) is 2.49. The SMILES string of the molecule is CCCCCCCCC[NH+]1CCC(CC)CC1.[C-]#N. The highest BCUT2D eigenvalue weighted by Gasteiger charge is 2.19. The number of quaternary nitrogens is 1. The molecule has 19 heavy (non-hydrogen) atoms. The van der Waals surface area contributed by atoms with Crippen LogP contribution in [-0.4, -0.2) is 19.6 Å². The fourth-order valence-electron chi connectivity index (χ4n) is 3.08. The van der Waals surface area contributed by atoms with Crippen molar-refractivity contribution in [3.63, 3.8) is 0 Å². The largest absolute Gasteiger partial charge is 0.512 e. The summed E-state index contributed by atoms with van der Waals surface area (Å²) < 4.78 is 0. The minimum atomic E-state index is 1.05. The lowest BCUT2D eigenvalue weighted by atomic mass is 9.94. The summed E-state index contributed by atoms with van der Waals surface area (Å²) >= 11 is 0. The Labute approximate surface area is 121 Å². The standard InChI is InChI=1S/C16H33N.CN/c1-3-5-6-7-8-9-10-13-17-14-11-16(4-2)12-15-17;1-2/h16H,3-15H2,1-2H3;/q;-1/p+1. The van der Waals surface area contributed by atoms with Crippen LogP contribution in [0.15, 0.2) is 0 Å². The van der Waals surface area contributed by atoms with Crippen molar-refractivity contribution in [1.29, 1.82) is 5.26 Å². The van der Waals surface area contributed by atoms with Gasteiger partial charge < -0.3 is 16.7 Å². The summed E-state index contributed by atoms with van der Waals surface area (Å²) in [6.07, 6.45) is 14.6. The maximum absolute atomic E-state index is 6.25. The van der Waals surface area contributed by atoms with Crippen molar-refractivity contribution in [2.45, 2.75) is 78.1 Å². The van der Waals surface area contributed by atoms with Gasteiger partial charge in [0, 0.05) is 0 Å². The minimum absolute atomic E-state index is 1.05. The molecule has 0 atom stereocenters. The lowest BCUT2D eigenvalue weighted by molar-refractivity contribution is -0.906. The number of nitrogens with zero attached hydrogens (tertiary/aromatic N) is 1. The predicted molar refractivity (Wildman–Crippen MR) is 81.5 cm³/mol. The van der Waals surface area contributed by atoms with E-state index in [2.05, 4.69) is 13.8 Å². The smallest absolute Gasteiger partial charge is 0.0773 e. The van der Waals surface area contributed by atoms with Crippen LogP contribution in [0.4, 0.5) is 0 Å². The molecule has 0 spiro atoms. The van der Waals surface area contributed by atoms with Gasteiger partial charge in [0.05, 0.1) is 19.6 Å². The van der Waals surface area contributed by atoms with Crippen molar-refractivity contribution < 1.29 is 4.90 Å². The van der Waals surface area contributed by atoms with Crippen LogP contribution < -0.4 is 4.90 Å². The van der Waals surface area contributed by atoms with Gasteiger partial charge in [0.1, 0.15) is 0 Å². The summed E-state index contributed by atoms with van der Waals surface area (Å²) in [7, 11) is 0. The Morgan fingerprint density at radius 2 is 1.42 bits per heavy atom. The van der Waals surface area contributed by atoms with Crippen LogP contribution in [-0.2, 0) is 0 Å². The molecule has 1 N–H and O–H groups in total. The molecule has 0 unspecified atom stereocenters. The Bertz CT molecular complexity index is 193. The minimum Gasteiger partial charge on any atom is -0.512 e. The van der Waals surface area contributed by atoms with E-state index in [1.54, 1.807) is 0 Å². The zero-order valence-corrected chi connectivity index (χ0v) is 13.2. The topological polar surface area (TPSA) is 28.2 Å². The van der Waals surface area contributed by atoms with Crippen LogP contribution in [0.25, 0.3) is 0 Å². The van der Waals surface area contributed by atoms with Crippen LogP contribution in [0.3, 0.4) is 0 Å². The molecule has 1 fully saturated rings. The first-order valence-electron chi connectivity index (χ1n) is 8.42. The molecule has 0 saturated carbocycles. The molecule has 112 valence electrons. The zero-order valence-electron chi connectivity index (χ0n) is 13.2. The van der Waals surface area contributed by atoms with E-state index in [1.807, 2.05) is 4.90 Å². The van der Waals surface area contributed by atoms with E-state index in [1.165, 1.54) is 83.8 Å². The number of piperidine rings is 1. The molecule has 1 aliphatic heterocycles. The Morgan fingerprint density at radius 3 is 1.95 bits per heavy atom. The maximum atomic E-state index is 6.25. The third-order valence-corrected chi connectivity index (χ3v) is 4.52. The molecule has 0 aliphatic carbocycles. The highest BCUT2D eigenvalue weighted by atomic mass is 15.1. The van der Waals surface area contributed by atoms with Gasteiger partial charge in [-0.3, -0.25) is 0 Å². The van der Waals surface area contributed by atoms with E-state index < -0.39 is 0 Å². The van der Waals surface area contributed by atoms with Crippen molar-refractivity contribution >= 4 is 0 Å². The van der Waals surface area contributed by atoms with Gasteiger partial charge in [-0.05, 0) is 31.6 Å². The predicted octanol–water partition coefficient (Wildman–Crippen LogP) is 3.54. The van der Waals surface area contributed by atoms with E-state index in [9.17, 15) is 0 Å². The monoisotopic (exact) mass is 266 g/mol. The van der Waals surface area contributed by atoms with Crippen LogP contribution >= 0.6 is 0 Å². The van der Waals surface area contributed by atoms with Crippen LogP contribution in [0.2, 0.25) is 0 Å². The first-order chi connectivity index (χ1) is 9.36. The fraction of sp³-hybridized carbons (Fsp3) is 0.941. The highest BCUT2D eigenvalue weighted by Crippen LogP contribution is 2.13. The van der Waals surface area contributed by atoms with Crippen molar-refractivity contribution in [3.05, 3.63) is 6.57 Å². The molecule has 2 heteroatoms. The van der Waals surface area contributed by atoms with Gasteiger partial charge in [-0.15, -0.1) is 0 Å². The van der Waals surface area contributed by atoms with Gasteiger partial charge in [-0.2, -0.15) is 0 Å². The fourth-order valence-corrected chi connectivity index (χ4v) is 3.08. The van der Waals surface area contributed by atoms with E-state index >= 15 is 0 Å². The third kappa shape index (κ3) is 9.96. The molecule has 0 amide bonds. The average molecular weight is 266 g/mol. The number of likely N-dealkylation sites (tertiary alicyclic amines) is 1. The summed E-state index contributed by atoms with van der Waals surface area (Å²) in [6, 6.07) is 0. The number of rotatable bonds is 9. The summed E-state index contributed by atoms with van der Waals surface area (Å²) in [6.45, 7) is 13.8. The summed E-state index contributed by atoms with van der Waals surface area (Å²) in [4.78, 5) is 1.89. The van der Waals surface area contributed by atoms with E-state index in [0.717, 1.165) is 5.92 Å². The molecule has 1 heterocycles. The summed E-state index contributed by atoms with van der Waals surface area (Å²) in [5, 5.41) is 6.25. The molecule has 2 nitrogen and oxygen atoms in total. The lowest BCUT2D eigenvalue weighted by Gasteiger charge is -2.28.